The van der Waals surface area contributed by atoms with Gasteiger partial charge in [-0.25, -0.2) is 0 Å². The van der Waals surface area contributed by atoms with Gasteiger partial charge in [0.05, 0.1) is 6.54 Å². The molecule has 1 amide bonds. The second-order valence-electron chi connectivity index (χ2n) is 7.38. The number of hydrogen-bond donors (Lipinski definition) is 0. The number of nitrogens with zero attached hydrogens (tertiary/aromatic N) is 4. The van der Waals surface area contributed by atoms with Gasteiger partial charge in [0.15, 0.2) is 5.84 Å². The van der Waals surface area contributed by atoms with Gasteiger partial charge >= 0.3 is 0 Å². The number of fused-ring (bicyclic) bond motifs is 1. The van der Waals surface area contributed by atoms with E-state index >= 15 is 0 Å². The van der Waals surface area contributed by atoms with Crippen LogP contribution in [0.3, 0.4) is 0 Å². The van der Waals surface area contributed by atoms with Gasteiger partial charge in [0.2, 0.25) is 5.91 Å². The molecule has 2 aliphatic rings. The minimum absolute atomic E-state index is 0.0173. The molecule has 0 N–H and O–H groups in total. The van der Waals surface area contributed by atoms with Crippen LogP contribution in [-0.2, 0) is 21.4 Å². The molecule has 2 aromatic carbocycles. The summed E-state index contributed by atoms with van der Waals surface area (Å²) in [6, 6.07) is 17.0. The van der Waals surface area contributed by atoms with E-state index in [-0.39, 0.29) is 17.3 Å². The number of likely N-dealkylation sites (N-methyl/N-ethyl adjacent to an activating group) is 1. The van der Waals surface area contributed by atoms with Crippen LogP contribution in [0.25, 0.3) is 0 Å². The predicted octanol–water partition coefficient (Wildman–Crippen LogP) is 1.41. The lowest BCUT2D eigenvalue weighted by molar-refractivity contribution is -0.133. The van der Waals surface area contributed by atoms with Gasteiger partial charge in [-0.2, -0.15) is 8.42 Å². The minimum atomic E-state index is -3.68. The van der Waals surface area contributed by atoms with Crippen LogP contribution in [0.2, 0.25) is 0 Å². The van der Waals surface area contributed by atoms with E-state index in [2.05, 4.69) is 21.4 Å². The Bertz CT molecular complexity index is 1030. The summed E-state index contributed by atoms with van der Waals surface area (Å²) in [6.45, 7) is 3.96. The standard InChI is InChI=1S/C21H24N4O3S/c1-23(21-18-9-5-6-10-19(18)29(27,28)22-21)16-20(26)25-13-11-24(12-14-25)15-17-7-3-2-4-8-17/h2-10H,11-16H2,1H3. The molecule has 8 heteroatoms. The van der Waals surface area contributed by atoms with Crippen LogP contribution in [0.1, 0.15) is 11.1 Å². The van der Waals surface area contributed by atoms with Crippen molar-refractivity contribution in [3.8, 4) is 0 Å². The summed E-state index contributed by atoms with van der Waals surface area (Å²) in [7, 11) is -1.97. The molecule has 7 nitrogen and oxygen atoms in total. The molecule has 0 spiro atoms. The number of amidine groups is 1. The molecule has 0 atom stereocenters. The molecule has 29 heavy (non-hydrogen) atoms. The fourth-order valence-electron chi connectivity index (χ4n) is 3.74. The number of carbonyl (C=O) groups is 1. The second kappa shape index (κ2) is 7.96. The molecule has 0 aliphatic carbocycles. The maximum atomic E-state index is 12.8. The lowest BCUT2D eigenvalue weighted by atomic mass is 10.2. The normalized spacial score (nSPS) is 18.2. The number of amides is 1. The molecule has 2 aliphatic heterocycles. The first kappa shape index (κ1) is 19.6. The summed E-state index contributed by atoms with van der Waals surface area (Å²) in [5, 5.41) is 0. The van der Waals surface area contributed by atoms with Crippen LogP contribution in [0.5, 0.6) is 0 Å². The maximum absolute atomic E-state index is 12.8. The maximum Gasteiger partial charge on any atom is 0.285 e. The number of hydrogen-bond acceptors (Lipinski definition) is 5. The Morgan fingerprint density at radius 3 is 2.38 bits per heavy atom. The summed E-state index contributed by atoms with van der Waals surface area (Å²) in [5.74, 6) is 0.313. The smallest absolute Gasteiger partial charge is 0.285 e. The van der Waals surface area contributed by atoms with E-state index in [0.29, 0.717) is 24.5 Å². The molecule has 152 valence electrons. The van der Waals surface area contributed by atoms with E-state index in [1.807, 2.05) is 23.1 Å². The first-order chi connectivity index (χ1) is 13.9. The second-order valence-corrected chi connectivity index (χ2v) is 8.96. The van der Waals surface area contributed by atoms with Crippen molar-refractivity contribution < 1.29 is 13.2 Å². The fraction of sp³-hybridized carbons (Fsp3) is 0.333. The molecule has 0 unspecified atom stereocenters. The van der Waals surface area contributed by atoms with Crippen molar-refractivity contribution in [3.05, 3.63) is 65.7 Å². The predicted molar refractivity (Wildman–Crippen MR) is 111 cm³/mol. The van der Waals surface area contributed by atoms with Gasteiger partial charge in [-0.15, -0.1) is 4.40 Å². The monoisotopic (exact) mass is 412 g/mol. The van der Waals surface area contributed by atoms with Gasteiger partial charge in [0.1, 0.15) is 4.90 Å². The highest BCUT2D eigenvalue weighted by molar-refractivity contribution is 7.90. The SMILES string of the molecule is CN(CC(=O)N1CCN(Cc2ccccc2)CC1)C1=NS(=O)(=O)c2ccccc21. The summed E-state index contributed by atoms with van der Waals surface area (Å²) in [6.07, 6.45) is 0. The van der Waals surface area contributed by atoms with Crippen molar-refractivity contribution in [1.29, 1.82) is 0 Å². The highest BCUT2D eigenvalue weighted by Crippen LogP contribution is 2.26. The lowest BCUT2D eigenvalue weighted by Gasteiger charge is -2.35. The third kappa shape index (κ3) is 4.18. The molecule has 2 aromatic rings. The molecule has 0 bridgehead atoms. The third-order valence-electron chi connectivity index (χ3n) is 5.32. The largest absolute Gasteiger partial charge is 0.349 e. The Labute approximate surface area is 171 Å². The van der Waals surface area contributed by atoms with Gasteiger partial charge < -0.3 is 9.80 Å². The number of sulfonamides is 1. The van der Waals surface area contributed by atoms with E-state index in [1.165, 1.54) is 5.56 Å². The zero-order valence-electron chi connectivity index (χ0n) is 16.4. The average molecular weight is 413 g/mol. The van der Waals surface area contributed by atoms with Gasteiger partial charge in [-0.1, -0.05) is 42.5 Å². The van der Waals surface area contributed by atoms with Crippen molar-refractivity contribution >= 4 is 21.8 Å². The highest BCUT2D eigenvalue weighted by atomic mass is 32.2. The number of benzene rings is 2. The summed E-state index contributed by atoms with van der Waals surface area (Å²) in [5.41, 5.74) is 1.82. The molecule has 2 heterocycles. The van der Waals surface area contributed by atoms with Gasteiger partial charge in [0.25, 0.3) is 10.0 Å². The summed E-state index contributed by atoms with van der Waals surface area (Å²) in [4.78, 5) is 18.8. The van der Waals surface area contributed by atoms with E-state index in [0.717, 1.165) is 19.6 Å². The van der Waals surface area contributed by atoms with E-state index in [1.54, 1.807) is 36.2 Å². The van der Waals surface area contributed by atoms with E-state index in [4.69, 9.17) is 0 Å². The first-order valence-corrected chi connectivity index (χ1v) is 11.1. The molecule has 0 aromatic heterocycles. The van der Waals surface area contributed by atoms with E-state index < -0.39 is 10.0 Å². The Morgan fingerprint density at radius 2 is 1.66 bits per heavy atom. The Morgan fingerprint density at radius 1 is 1.00 bits per heavy atom. The van der Waals surface area contributed by atoms with E-state index in [9.17, 15) is 13.2 Å². The molecular formula is C21H24N4O3S. The average Bonchev–Trinajstić information content (AvgIpc) is 3.01. The molecular weight excluding hydrogens is 388 g/mol. The number of piperazine rings is 1. The van der Waals surface area contributed by atoms with Crippen LogP contribution in [0, 0.1) is 0 Å². The number of rotatable bonds is 4. The lowest BCUT2D eigenvalue weighted by Crippen LogP contribution is -2.51. The van der Waals surface area contributed by atoms with Crippen molar-refractivity contribution in [2.45, 2.75) is 11.4 Å². The molecule has 0 saturated carbocycles. The van der Waals surface area contributed by atoms with Crippen LogP contribution in [0.15, 0.2) is 63.9 Å². The highest BCUT2D eigenvalue weighted by Gasteiger charge is 2.31. The third-order valence-corrected chi connectivity index (χ3v) is 6.65. The summed E-state index contributed by atoms with van der Waals surface area (Å²) >= 11 is 0. The molecule has 4 rings (SSSR count). The van der Waals surface area contributed by atoms with Gasteiger partial charge in [0, 0.05) is 45.3 Å². The quantitative estimate of drug-likeness (QED) is 0.759. The van der Waals surface area contributed by atoms with Crippen molar-refractivity contribution in [2.75, 3.05) is 39.8 Å². The van der Waals surface area contributed by atoms with Crippen molar-refractivity contribution in [3.63, 3.8) is 0 Å². The number of carbonyl (C=O) groups excluding carboxylic acids is 1. The van der Waals surface area contributed by atoms with Crippen LogP contribution in [0.4, 0.5) is 0 Å². The zero-order valence-corrected chi connectivity index (χ0v) is 17.2. The zero-order chi connectivity index (χ0) is 20.4. The topological polar surface area (TPSA) is 73.3 Å². The molecule has 0 radical (unpaired) electrons. The Hall–Kier alpha value is -2.71. The van der Waals surface area contributed by atoms with Crippen molar-refractivity contribution in [2.24, 2.45) is 4.40 Å². The van der Waals surface area contributed by atoms with Crippen LogP contribution < -0.4 is 0 Å². The van der Waals surface area contributed by atoms with Gasteiger partial charge in [-0.05, 0) is 17.7 Å². The fourth-order valence-corrected chi connectivity index (χ4v) is 4.99. The molecule has 1 fully saturated rings. The minimum Gasteiger partial charge on any atom is -0.349 e. The molecule has 1 saturated heterocycles. The van der Waals surface area contributed by atoms with Crippen LogP contribution in [-0.4, -0.2) is 74.6 Å². The van der Waals surface area contributed by atoms with Crippen LogP contribution >= 0.6 is 0 Å². The Balaban J connectivity index is 1.35. The van der Waals surface area contributed by atoms with Gasteiger partial charge in [-0.3, -0.25) is 9.69 Å². The first-order valence-electron chi connectivity index (χ1n) is 9.63. The Kier molecular flexibility index (Phi) is 5.38. The summed E-state index contributed by atoms with van der Waals surface area (Å²) < 4.78 is 28.3. The van der Waals surface area contributed by atoms with Crippen molar-refractivity contribution in [1.82, 2.24) is 14.7 Å².